The fourth-order valence-electron chi connectivity index (χ4n) is 3.63. The normalized spacial score (nSPS) is 13.5. The van der Waals surface area contributed by atoms with Gasteiger partial charge in [0.05, 0.1) is 43.6 Å². The molecule has 2 heterocycles. The van der Waals surface area contributed by atoms with Crippen molar-refractivity contribution in [2.24, 2.45) is 0 Å². The first-order chi connectivity index (χ1) is 15.8. The third-order valence-electron chi connectivity index (χ3n) is 5.81. The van der Waals surface area contributed by atoms with Gasteiger partial charge in [-0.3, -0.25) is 0 Å². The van der Waals surface area contributed by atoms with Gasteiger partial charge in [0, 0.05) is 24.7 Å². The number of aliphatic carboxylic acids is 1. The summed E-state index contributed by atoms with van der Waals surface area (Å²) in [6.07, 6.45) is 1.16. The minimum atomic E-state index is -1.32. The molecule has 33 heavy (non-hydrogen) atoms. The van der Waals surface area contributed by atoms with Crippen LogP contribution < -0.4 is 14.4 Å². The maximum atomic E-state index is 11.5. The van der Waals surface area contributed by atoms with Crippen LogP contribution in [0.2, 0.25) is 0 Å². The highest BCUT2D eigenvalue weighted by atomic mass is 16.5. The predicted octanol–water partition coefficient (Wildman–Crippen LogP) is 4.15. The number of ether oxygens (including phenoxy) is 3. The molecule has 2 aromatic carbocycles. The molecule has 3 aromatic rings. The van der Waals surface area contributed by atoms with Crippen molar-refractivity contribution in [3.8, 4) is 28.4 Å². The van der Waals surface area contributed by atoms with E-state index >= 15 is 0 Å². The molecule has 0 spiro atoms. The number of carboxylic acids is 1. The lowest BCUT2D eigenvalue weighted by Gasteiger charge is -2.34. The molecule has 1 aliphatic rings. The van der Waals surface area contributed by atoms with E-state index in [9.17, 15) is 9.90 Å². The van der Waals surface area contributed by atoms with Crippen LogP contribution in [0.15, 0.2) is 48.5 Å². The average molecular weight is 452 g/mol. The van der Waals surface area contributed by atoms with Crippen LogP contribution in [0.4, 0.5) is 5.69 Å². The maximum Gasteiger partial charge on any atom is 0.335 e. The van der Waals surface area contributed by atoms with E-state index in [1.165, 1.54) is 13.8 Å². The smallest absolute Gasteiger partial charge is 0.335 e. The Hall–Kier alpha value is -3.52. The predicted molar refractivity (Wildman–Crippen MR) is 125 cm³/mol. The number of aromatic nitrogens is 2. The summed E-state index contributed by atoms with van der Waals surface area (Å²) in [4.78, 5) is 13.8. The van der Waals surface area contributed by atoms with Crippen molar-refractivity contribution in [1.29, 1.82) is 0 Å². The molecule has 0 unspecified atom stereocenters. The molecule has 0 radical (unpaired) electrons. The summed E-state index contributed by atoms with van der Waals surface area (Å²) in [5.41, 5.74) is 3.03. The molecule has 0 saturated carbocycles. The molecule has 8 nitrogen and oxygen atoms in total. The lowest BCUT2D eigenvalue weighted by Crippen LogP contribution is -2.37. The second kappa shape index (κ2) is 9.15. The maximum absolute atomic E-state index is 11.5. The van der Waals surface area contributed by atoms with Gasteiger partial charge in [-0.05, 0) is 50.6 Å². The summed E-state index contributed by atoms with van der Waals surface area (Å²) in [7, 11) is 3.23. The topological polar surface area (TPSA) is 86.0 Å². The standard InChI is InChI=1S/C25H29N3O5/c1-25(2,24(29)30)33-16-18-14-23(17-12-19(31-3)15-20(13-17)32-4)28(26-18)22-9-6-5-8-21(22)27-10-7-11-27/h5-6,8-9,12-15H,7,10-11,16H2,1-4H3,(H,29,30). The first-order valence-electron chi connectivity index (χ1n) is 10.9. The summed E-state index contributed by atoms with van der Waals surface area (Å²) in [5.74, 6) is 0.304. The van der Waals surface area contributed by atoms with E-state index in [1.807, 2.05) is 47.1 Å². The Morgan fingerprint density at radius 1 is 1.03 bits per heavy atom. The van der Waals surface area contributed by atoms with Crippen LogP contribution in [0.3, 0.4) is 0 Å². The molecule has 1 saturated heterocycles. The van der Waals surface area contributed by atoms with Gasteiger partial charge in [0.1, 0.15) is 11.5 Å². The molecular formula is C25H29N3O5. The molecule has 0 atom stereocenters. The largest absolute Gasteiger partial charge is 0.497 e. The number of benzene rings is 2. The van der Waals surface area contributed by atoms with Crippen molar-refractivity contribution < 1.29 is 24.1 Å². The van der Waals surface area contributed by atoms with Crippen molar-refractivity contribution >= 4 is 11.7 Å². The lowest BCUT2D eigenvalue weighted by molar-refractivity contribution is -0.162. The monoisotopic (exact) mass is 451 g/mol. The number of methoxy groups -OCH3 is 2. The van der Waals surface area contributed by atoms with Crippen LogP contribution in [0, 0.1) is 0 Å². The first kappa shape index (κ1) is 22.7. The summed E-state index contributed by atoms with van der Waals surface area (Å²) >= 11 is 0. The minimum absolute atomic E-state index is 0.0618. The SMILES string of the molecule is COc1cc(OC)cc(-c2cc(COC(C)(C)C(=O)O)nn2-c2ccccc2N2CCC2)c1. The molecule has 174 valence electrons. The number of para-hydroxylation sites is 2. The van der Waals surface area contributed by atoms with Gasteiger partial charge in [-0.25, -0.2) is 9.48 Å². The van der Waals surface area contributed by atoms with Gasteiger partial charge in [0.2, 0.25) is 0 Å². The Balaban J connectivity index is 1.82. The highest BCUT2D eigenvalue weighted by molar-refractivity contribution is 5.76. The second-order valence-electron chi connectivity index (χ2n) is 8.47. The zero-order valence-electron chi connectivity index (χ0n) is 19.4. The molecule has 4 rings (SSSR count). The third-order valence-corrected chi connectivity index (χ3v) is 5.81. The van der Waals surface area contributed by atoms with Gasteiger partial charge in [-0.1, -0.05) is 12.1 Å². The average Bonchev–Trinajstić information content (AvgIpc) is 3.21. The van der Waals surface area contributed by atoms with Crippen LogP contribution in [0.25, 0.3) is 16.9 Å². The van der Waals surface area contributed by atoms with Crippen molar-refractivity contribution in [2.45, 2.75) is 32.5 Å². The van der Waals surface area contributed by atoms with Gasteiger partial charge in [-0.15, -0.1) is 0 Å². The van der Waals surface area contributed by atoms with Crippen molar-refractivity contribution in [2.75, 3.05) is 32.2 Å². The third kappa shape index (κ3) is 4.66. The van der Waals surface area contributed by atoms with Crippen LogP contribution in [0.5, 0.6) is 11.5 Å². The first-order valence-corrected chi connectivity index (χ1v) is 10.9. The van der Waals surface area contributed by atoms with E-state index in [1.54, 1.807) is 14.2 Å². The van der Waals surface area contributed by atoms with E-state index < -0.39 is 11.6 Å². The van der Waals surface area contributed by atoms with Crippen LogP contribution in [0.1, 0.15) is 26.0 Å². The van der Waals surface area contributed by atoms with Crippen molar-refractivity contribution in [3.63, 3.8) is 0 Å². The number of nitrogens with zero attached hydrogens (tertiary/aromatic N) is 3. The zero-order chi connectivity index (χ0) is 23.6. The van der Waals surface area contributed by atoms with Crippen molar-refractivity contribution in [1.82, 2.24) is 9.78 Å². The van der Waals surface area contributed by atoms with E-state index in [0.29, 0.717) is 17.2 Å². The number of hydrogen-bond acceptors (Lipinski definition) is 6. The van der Waals surface area contributed by atoms with Gasteiger partial charge < -0.3 is 24.2 Å². The Bertz CT molecular complexity index is 1130. The molecule has 1 aliphatic heterocycles. The van der Waals surface area contributed by atoms with Gasteiger partial charge >= 0.3 is 5.97 Å². The minimum Gasteiger partial charge on any atom is -0.497 e. The number of rotatable bonds is 9. The highest BCUT2D eigenvalue weighted by Gasteiger charge is 2.29. The molecular weight excluding hydrogens is 422 g/mol. The molecule has 1 N–H and O–H groups in total. The molecule has 1 fully saturated rings. The lowest BCUT2D eigenvalue weighted by atomic mass is 10.1. The Morgan fingerprint density at radius 3 is 2.21 bits per heavy atom. The van der Waals surface area contributed by atoms with Crippen LogP contribution in [-0.2, 0) is 16.1 Å². The van der Waals surface area contributed by atoms with Crippen LogP contribution in [-0.4, -0.2) is 53.8 Å². The fourth-order valence-corrected chi connectivity index (χ4v) is 3.63. The number of carboxylic acid groups (broad SMARTS) is 1. The van der Waals surface area contributed by atoms with Crippen molar-refractivity contribution in [3.05, 3.63) is 54.2 Å². The summed E-state index contributed by atoms with van der Waals surface area (Å²) in [6.45, 7) is 5.12. The molecule has 0 aliphatic carbocycles. The molecule has 0 bridgehead atoms. The summed E-state index contributed by atoms with van der Waals surface area (Å²) in [6, 6.07) is 15.7. The highest BCUT2D eigenvalue weighted by Crippen LogP contribution is 2.35. The zero-order valence-corrected chi connectivity index (χ0v) is 19.4. The Kier molecular flexibility index (Phi) is 6.29. The number of carbonyl (C=O) groups is 1. The van der Waals surface area contributed by atoms with Gasteiger partial charge in [-0.2, -0.15) is 5.10 Å². The Labute approximate surface area is 193 Å². The van der Waals surface area contributed by atoms with Gasteiger partial charge in [0.25, 0.3) is 0 Å². The molecule has 0 amide bonds. The van der Waals surface area contributed by atoms with E-state index in [-0.39, 0.29) is 6.61 Å². The van der Waals surface area contributed by atoms with E-state index in [2.05, 4.69) is 11.0 Å². The number of anilines is 1. The molecule has 1 aromatic heterocycles. The summed E-state index contributed by atoms with van der Waals surface area (Å²) in [5, 5.41) is 14.2. The van der Waals surface area contributed by atoms with Crippen LogP contribution >= 0.6 is 0 Å². The quantitative estimate of drug-likeness (QED) is 0.523. The van der Waals surface area contributed by atoms with E-state index in [4.69, 9.17) is 19.3 Å². The second-order valence-corrected chi connectivity index (χ2v) is 8.47. The Morgan fingerprint density at radius 2 is 1.67 bits per heavy atom. The van der Waals surface area contributed by atoms with E-state index in [0.717, 1.165) is 42.1 Å². The summed E-state index contributed by atoms with van der Waals surface area (Å²) < 4.78 is 18.5. The van der Waals surface area contributed by atoms with Gasteiger partial charge in [0.15, 0.2) is 5.60 Å². The molecule has 8 heteroatoms. The fraction of sp³-hybridized carbons (Fsp3) is 0.360. The number of hydrogen-bond donors (Lipinski definition) is 1.